The van der Waals surface area contributed by atoms with E-state index in [1.807, 2.05) is 17.0 Å². The minimum absolute atomic E-state index is 0. The molecule has 8 nitrogen and oxygen atoms in total. The summed E-state index contributed by atoms with van der Waals surface area (Å²) in [6, 6.07) is 7.29. The standard InChI is InChI=1S/C20H19N5O3.ClH/c26-16(13-3-2-8-21-12-13)11-17-24-19-15(20-22-9-10-25(17)20)7-6-14(23-19)4-1-5-18(27)28;/h2-3,6-8,11-12H,1,4-5,9-10H2,(H,23,24)(H,27,28);1H. The first-order chi connectivity index (χ1) is 13.6. The number of carbonyl (C=O) groups excluding carboxylic acids is 1. The van der Waals surface area contributed by atoms with E-state index in [1.54, 1.807) is 24.4 Å². The molecule has 0 atom stereocenters. The van der Waals surface area contributed by atoms with Crippen LogP contribution in [-0.4, -0.2) is 50.7 Å². The fourth-order valence-corrected chi connectivity index (χ4v) is 3.27. The van der Waals surface area contributed by atoms with Gasteiger partial charge in [0.1, 0.15) is 17.5 Å². The zero-order chi connectivity index (χ0) is 19.5. The van der Waals surface area contributed by atoms with Gasteiger partial charge in [0.2, 0.25) is 0 Å². The molecule has 150 valence electrons. The molecule has 2 aromatic rings. The number of pyridine rings is 2. The van der Waals surface area contributed by atoms with Crippen molar-refractivity contribution in [2.24, 2.45) is 4.99 Å². The predicted molar refractivity (Wildman–Crippen MR) is 110 cm³/mol. The van der Waals surface area contributed by atoms with E-state index in [1.165, 1.54) is 6.20 Å². The van der Waals surface area contributed by atoms with Gasteiger partial charge in [-0.25, -0.2) is 4.98 Å². The third-order valence-electron chi connectivity index (χ3n) is 4.61. The molecule has 0 saturated carbocycles. The van der Waals surface area contributed by atoms with Crippen LogP contribution in [0.3, 0.4) is 0 Å². The van der Waals surface area contributed by atoms with Gasteiger partial charge in [-0.15, -0.1) is 12.4 Å². The van der Waals surface area contributed by atoms with Crippen LogP contribution in [-0.2, 0) is 11.2 Å². The molecule has 4 rings (SSSR count). The van der Waals surface area contributed by atoms with E-state index in [-0.39, 0.29) is 24.6 Å². The highest BCUT2D eigenvalue weighted by atomic mass is 35.5. The Morgan fingerprint density at radius 3 is 2.90 bits per heavy atom. The van der Waals surface area contributed by atoms with Gasteiger partial charge in [0, 0.05) is 42.7 Å². The van der Waals surface area contributed by atoms with Crippen molar-refractivity contribution >= 4 is 35.8 Å². The predicted octanol–water partition coefficient (Wildman–Crippen LogP) is 2.52. The number of amidine groups is 1. The molecule has 0 bridgehead atoms. The molecule has 2 aliphatic heterocycles. The fraction of sp³-hybridized carbons (Fsp3) is 0.250. The highest BCUT2D eigenvalue weighted by Crippen LogP contribution is 2.29. The number of anilines is 1. The van der Waals surface area contributed by atoms with Crippen LogP contribution in [0.1, 0.15) is 34.5 Å². The van der Waals surface area contributed by atoms with Gasteiger partial charge in [0.25, 0.3) is 0 Å². The Morgan fingerprint density at radius 1 is 1.28 bits per heavy atom. The monoisotopic (exact) mass is 413 g/mol. The lowest BCUT2D eigenvalue weighted by Gasteiger charge is -2.30. The summed E-state index contributed by atoms with van der Waals surface area (Å²) in [4.78, 5) is 38.5. The second-order valence-corrected chi connectivity index (χ2v) is 6.56. The van der Waals surface area contributed by atoms with Crippen molar-refractivity contribution in [1.82, 2.24) is 14.9 Å². The summed E-state index contributed by atoms with van der Waals surface area (Å²) in [6.07, 6.45) is 5.91. The molecule has 2 N–H and O–H groups in total. The van der Waals surface area contributed by atoms with E-state index in [9.17, 15) is 9.59 Å². The van der Waals surface area contributed by atoms with Crippen molar-refractivity contribution < 1.29 is 14.7 Å². The SMILES string of the molecule is Cl.O=C(O)CCCc1ccc2c(n1)NC(=CC(=O)c1cccnc1)N1CCN=C21. The third-order valence-corrected chi connectivity index (χ3v) is 4.61. The van der Waals surface area contributed by atoms with Gasteiger partial charge in [0.15, 0.2) is 5.78 Å². The number of carboxylic acid groups (broad SMARTS) is 1. The van der Waals surface area contributed by atoms with Gasteiger partial charge in [-0.05, 0) is 37.1 Å². The first-order valence-corrected chi connectivity index (χ1v) is 9.09. The topological polar surface area (TPSA) is 108 Å². The second-order valence-electron chi connectivity index (χ2n) is 6.56. The number of allylic oxidation sites excluding steroid dienone is 1. The lowest BCUT2D eigenvalue weighted by atomic mass is 10.1. The van der Waals surface area contributed by atoms with E-state index < -0.39 is 5.97 Å². The van der Waals surface area contributed by atoms with E-state index in [2.05, 4.69) is 20.3 Å². The number of carbonyl (C=O) groups is 2. The highest BCUT2D eigenvalue weighted by Gasteiger charge is 2.30. The number of halogens is 1. The van der Waals surface area contributed by atoms with Crippen molar-refractivity contribution in [2.75, 3.05) is 18.4 Å². The summed E-state index contributed by atoms with van der Waals surface area (Å²) in [5.41, 5.74) is 2.19. The van der Waals surface area contributed by atoms with Gasteiger partial charge in [-0.2, -0.15) is 0 Å². The smallest absolute Gasteiger partial charge is 0.303 e. The maximum atomic E-state index is 12.6. The van der Waals surface area contributed by atoms with Crippen LogP contribution in [0.5, 0.6) is 0 Å². The third kappa shape index (κ3) is 4.43. The molecule has 0 aliphatic carbocycles. The lowest BCUT2D eigenvalue weighted by molar-refractivity contribution is -0.137. The first kappa shape index (κ1) is 20.5. The van der Waals surface area contributed by atoms with E-state index in [4.69, 9.17) is 5.11 Å². The molecule has 0 radical (unpaired) electrons. The molecular weight excluding hydrogens is 394 g/mol. The molecule has 0 unspecified atom stereocenters. The quantitative estimate of drug-likeness (QED) is 0.553. The number of aromatic nitrogens is 2. The summed E-state index contributed by atoms with van der Waals surface area (Å²) in [6.45, 7) is 1.34. The molecule has 0 fully saturated rings. The van der Waals surface area contributed by atoms with Crippen molar-refractivity contribution in [1.29, 1.82) is 0 Å². The van der Waals surface area contributed by atoms with Crippen LogP contribution in [0.15, 0.2) is 53.5 Å². The van der Waals surface area contributed by atoms with Crippen LogP contribution in [0, 0.1) is 0 Å². The lowest BCUT2D eigenvalue weighted by Crippen LogP contribution is -2.37. The molecule has 4 heterocycles. The molecule has 0 aromatic carbocycles. The number of nitrogens with zero attached hydrogens (tertiary/aromatic N) is 4. The van der Waals surface area contributed by atoms with E-state index in [0.29, 0.717) is 43.1 Å². The van der Waals surface area contributed by atoms with Gasteiger partial charge < -0.3 is 15.3 Å². The molecule has 0 spiro atoms. The Hall–Kier alpha value is -3.26. The number of rotatable bonds is 6. The van der Waals surface area contributed by atoms with Crippen LogP contribution in [0.25, 0.3) is 0 Å². The van der Waals surface area contributed by atoms with Crippen LogP contribution >= 0.6 is 12.4 Å². The Morgan fingerprint density at radius 2 is 2.14 bits per heavy atom. The number of hydrogen-bond donors (Lipinski definition) is 2. The van der Waals surface area contributed by atoms with E-state index >= 15 is 0 Å². The summed E-state index contributed by atoms with van der Waals surface area (Å²) in [5.74, 6) is 1.10. The number of fused-ring (bicyclic) bond motifs is 3. The fourth-order valence-electron chi connectivity index (χ4n) is 3.27. The number of aryl methyl sites for hydroxylation is 1. The Bertz CT molecular complexity index is 991. The van der Waals surface area contributed by atoms with Crippen LogP contribution in [0.4, 0.5) is 5.82 Å². The zero-order valence-electron chi connectivity index (χ0n) is 15.5. The van der Waals surface area contributed by atoms with E-state index in [0.717, 1.165) is 17.1 Å². The number of carboxylic acids is 1. The Kier molecular flexibility index (Phi) is 6.23. The number of aliphatic imine (C=N–C) groups is 1. The molecule has 0 amide bonds. The van der Waals surface area contributed by atoms with Crippen molar-refractivity contribution in [2.45, 2.75) is 19.3 Å². The van der Waals surface area contributed by atoms with Crippen molar-refractivity contribution in [3.05, 3.63) is 65.4 Å². The molecule has 2 aromatic heterocycles. The van der Waals surface area contributed by atoms with Gasteiger partial charge in [-0.1, -0.05) is 0 Å². The zero-order valence-corrected chi connectivity index (χ0v) is 16.4. The Labute approximate surface area is 173 Å². The van der Waals surface area contributed by atoms with Crippen molar-refractivity contribution in [3.8, 4) is 0 Å². The summed E-state index contributed by atoms with van der Waals surface area (Å²) >= 11 is 0. The van der Waals surface area contributed by atoms with Crippen LogP contribution < -0.4 is 5.32 Å². The number of aliphatic carboxylic acids is 1. The second kappa shape index (κ2) is 8.83. The largest absolute Gasteiger partial charge is 0.481 e. The highest BCUT2D eigenvalue weighted by molar-refractivity contribution is 6.09. The average Bonchev–Trinajstić information content (AvgIpc) is 3.18. The molecule has 29 heavy (non-hydrogen) atoms. The number of nitrogens with one attached hydrogen (secondary N) is 1. The molecular formula is C20H20ClN5O3. The normalized spacial score (nSPS) is 15.7. The Balaban J connectivity index is 0.00000240. The van der Waals surface area contributed by atoms with Gasteiger partial charge in [-0.3, -0.25) is 19.6 Å². The number of hydrogen-bond acceptors (Lipinski definition) is 7. The van der Waals surface area contributed by atoms with Gasteiger partial charge >= 0.3 is 5.97 Å². The number of ketones is 1. The minimum Gasteiger partial charge on any atom is -0.481 e. The minimum atomic E-state index is -0.814. The maximum absolute atomic E-state index is 12.6. The average molecular weight is 414 g/mol. The molecule has 9 heteroatoms. The molecule has 0 saturated heterocycles. The first-order valence-electron chi connectivity index (χ1n) is 9.09. The molecule has 2 aliphatic rings. The summed E-state index contributed by atoms with van der Waals surface area (Å²) in [5, 5.41) is 12.0. The van der Waals surface area contributed by atoms with Gasteiger partial charge in [0.05, 0.1) is 12.1 Å². The van der Waals surface area contributed by atoms with Crippen molar-refractivity contribution in [3.63, 3.8) is 0 Å². The van der Waals surface area contributed by atoms with Crippen LogP contribution in [0.2, 0.25) is 0 Å². The summed E-state index contributed by atoms with van der Waals surface area (Å²) < 4.78 is 0. The summed E-state index contributed by atoms with van der Waals surface area (Å²) in [7, 11) is 0. The maximum Gasteiger partial charge on any atom is 0.303 e.